The maximum atomic E-state index is 14.4. The average molecular weight is 465 g/mol. The number of benzene rings is 1. The number of nitrogens with one attached hydrogen (secondary N) is 1. The molecule has 4 aromatic rings. The molecule has 9 heteroatoms. The number of aromatic amines is 1. The summed E-state index contributed by atoms with van der Waals surface area (Å²) in [6.07, 6.45) is -0.119. The van der Waals surface area contributed by atoms with Crippen molar-refractivity contribution in [3.05, 3.63) is 46.9 Å². The molecule has 1 aromatic carbocycles. The van der Waals surface area contributed by atoms with Crippen molar-refractivity contribution in [2.24, 2.45) is 7.05 Å². The van der Waals surface area contributed by atoms with Gasteiger partial charge in [-0.25, -0.2) is 14.4 Å². The first-order valence-electron chi connectivity index (χ1n) is 10.1. The average Bonchev–Trinajstić information content (AvgIpc) is 3.21. The molecule has 0 atom stereocenters. The second kappa shape index (κ2) is 9.14. The zero-order valence-corrected chi connectivity index (χ0v) is 22.2. The molecule has 0 aliphatic rings. The van der Waals surface area contributed by atoms with Crippen LogP contribution in [0.2, 0.25) is 5.02 Å². The molecule has 1 radical (unpaired) electrons. The first-order valence-corrected chi connectivity index (χ1v) is 10.5. The molecule has 4 rings (SSSR count). The van der Waals surface area contributed by atoms with Crippen LogP contribution in [0.15, 0.2) is 30.3 Å². The van der Waals surface area contributed by atoms with E-state index in [2.05, 4.69) is 35.8 Å². The second-order valence-corrected chi connectivity index (χ2v) is 9.20. The fraction of sp³-hybridized carbons (Fsp3) is 0.348. The van der Waals surface area contributed by atoms with E-state index in [0.29, 0.717) is 44.7 Å². The third-order valence-electron chi connectivity index (χ3n) is 4.86. The summed E-state index contributed by atoms with van der Waals surface area (Å²) in [6.45, 7) is 10.00. The van der Waals surface area contributed by atoms with Crippen LogP contribution >= 0.6 is 11.6 Å². The van der Waals surface area contributed by atoms with E-state index in [1.807, 2.05) is 20.9 Å². The van der Waals surface area contributed by atoms with Crippen LogP contribution in [0.4, 0.5) is 4.39 Å². The predicted octanol–water partition coefficient (Wildman–Crippen LogP) is 5.52. The van der Waals surface area contributed by atoms with Gasteiger partial charge in [-0.2, -0.15) is 5.10 Å². The summed E-state index contributed by atoms with van der Waals surface area (Å²) >= 11 is 6.71. The minimum Gasteiger partial charge on any atom is -0.473 e. The van der Waals surface area contributed by atoms with Crippen molar-refractivity contribution in [1.29, 1.82) is 0 Å². The summed E-state index contributed by atoms with van der Waals surface area (Å²) in [5, 5.41) is 5.15. The summed E-state index contributed by atoms with van der Waals surface area (Å²) in [7, 11) is 1.83. The number of aromatic nitrogens is 5. The van der Waals surface area contributed by atoms with Crippen molar-refractivity contribution in [2.45, 2.75) is 46.1 Å². The normalized spacial score (nSPS) is 11.8. The minimum atomic E-state index is -0.356. The van der Waals surface area contributed by atoms with Gasteiger partial charge in [-0.1, -0.05) is 44.5 Å². The van der Waals surface area contributed by atoms with Crippen LogP contribution in [0.3, 0.4) is 0 Å². The van der Waals surface area contributed by atoms with E-state index in [1.165, 1.54) is 6.07 Å². The first kappa shape index (κ1) is 24.7. The van der Waals surface area contributed by atoms with E-state index in [-0.39, 0.29) is 46.9 Å². The summed E-state index contributed by atoms with van der Waals surface area (Å²) in [4.78, 5) is 12.6. The van der Waals surface area contributed by atoms with Gasteiger partial charge in [0.15, 0.2) is 5.82 Å². The van der Waals surface area contributed by atoms with Crippen molar-refractivity contribution in [1.82, 2.24) is 24.7 Å². The molecule has 0 saturated carbocycles. The van der Waals surface area contributed by atoms with Crippen LogP contribution in [-0.2, 0) is 12.5 Å². The summed E-state index contributed by atoms with van der Waals surface area (Å²) in [5.41, 5.74) is 3.31. The number of ether oxygens (including phenoxy) is 1. The van der Waals surface area contributed by atoms with E-state index < -0.39 is 0 Å². The number of imidazole rings is 1. The topological polar surface area (TPSA) is 68.6 Å². The van der Waals surface area contributed by atoms with Crippen LogP contribution in [0, 0.1) is 5.82 Å². The Balaban J connectivity index is 0.00000289. The number of aryl methyl sites for hydroxylation is 1. The number of hydrogen-bond acceptors (Lipinski definition) is 4. The van der Waals surface area contributed by atoms with E-state index in [4.69, 9.17) is 21.3 Å². The van der Waals surface area contributed by atoms with E-state index in [1.54, 1.807) is 28.9 Å². The molecule has 1 N–H and O–H groups in total. The zero-order chi connectivity index (χ0) is 22.5. The minimum absolute atomic E-state index is 0. The number of hydrogen-bond donors (Lipinski definition) is 1. The van der Waals surface area contributed by atoms with Crippen LogP contribution in [0.5, 0.6) is 5.88 Å². The zero-order valence-electron chi connectivity index (χ0n) is 19.4. The molecule has 6 nitrogen and oxygen atoms in total. The SMILES string of the molecule is CC(C)Oc1nc(-c2ccccc2F)cc2nc(-c3c(Cl)c(C(C)(C)C)nn3C)[nH]c12.[Na]. The van der Waals surface area contributed by atoms with Gasteiger partial charge in [-0.05, 0) is 32.0 Å². The number of H-pyrrole nitrogens is 1. The van der Waals surface area contributed by atoms with Crippen molar-refractivity contribution >= 4 is 52.2 Å². The number of fused-ring (bicyclic) bond motifs is 1. The molecular weight excluding hydrogens is 440 g/mol. The maximum absolute atomic E-state index is 14.4. The molecule has 0 unspecified atom stereocenters. The number of nitrogens with zero attached hydrogens (tertiary/aromatic N) is 4. The van der Waals surface area contributed by atoms with Gasteiger partial charge >= 0.3 is 0 Å². The number of rotatable bonds is 4. The Morgan fingerprint density at radius 2 is 1.84 bits per heavy atom. The van der Waals surface area contributed by atoms with E-state index in [9.17, 15) is 4.39 Å². The van der Waals surface area contributed by atoms with Crippen LogP contribution in [0.1, 0.15) is 40.3 Å². The number of halogens is 2. The molecule has 0 amide bonds. The Morgan fingerprint density at radius 3 is 2.44 bits per heavy atom. The molecule has 0 spiro atoms. The molecule has 3 heterocycles. The van der Waals surface area contributed by atoms with Gasteiger partial charge in [0.1, 0.15) is 17.0 Å². The Labute approximate surface area is 213 Å². The Kier molecular flexibility index (Phi) is 7.05. The fourth-order valence-electron chi connectivity index (χ4n) is 3.44. The molecule has 32 heavy (non-hydrogen) atoms. The van der Waals surface area contributed by atoms with Crippen LogP contribution < -0.4 is 4.74 Å². The fourth-order valence-corrected chi connectivity index (χ4v) is 3.98. The molecule has 0 saturated heterocycles. The van der Waals surface area contributed by atoms with Gasteiger partial charge in [0.05, 0.1) is 28.0 Å². The molecule has 0 fully saturated rings. The molecule has 163 valence electrons. The quantitative estimate of drug-likeness (QED) is 0.404. The van der Waals surface area contributed by atoms with E-state index >= 15 is 0 Å². The van der Waals surface area contributed by atoms with Gasteiger partial charge in [-0.3, -0.25) is 4.68 Å². The molecule has 3 aromatic heterocycles. The molecular formula is C23H25ClFN5NaO. The van der Waals surface area contributed by atoms with Crippen molar-refractivity contribution in [2.75, 3.05) is 0 Å². The van der Waals surface area contributed by atoms with Gasteiger partial charge in [-0.15, -0.1) is 0 Å². The third-order valence-corrected chi connectivity index (χ3v) is 5.22. The molecule has 0 aliphatic heterocycles. The van der Waals surface area contributed by atoms with Gasteiger partial charge in [0.25, 0.3) is 0 Å². The summed E-state index contributed by atoms with van der Waals surface area (Å²) in [5.74, 6) is 0.551. The second-order valence-electron chi connectivity index (χ2n) is 8.82. The third kappa shape index (κ3) is 4.57. The van der Waals surface area contributed by atoms with Crippen LogP contribution in [-0.4, -0.2) is 60.4 Å². The van der Waals surface area contributed by atoms with E-state index in [0.717, 1.165) is 5.69 Å². The molecule has 0 aliphatic carbocycles. The summed E-state index contributed by atoms with van der Waals surface area (Å²) < 4.78 is 22.1. The monoisotopic (exact) mass is 464 g/mol. The Bertz CT molecular complexity index is 1280. The first-order chi connectivity index (χ1) is 14.6. The van der Waals surface area contributed by atoms with Gasteiger partial charge in [0.2, 0.25) is 5.88 Å². The van der Waals surface area contributed by atoms with Crippen LogP contribution in [0.25, 0.3) is 33.8 Å². The predicted molar refractivity (Wildman–Crippen MR) is 127 cm³/mol. The van der Waals surface area contributed by atoms with Crippen molar-refractivity contribution < 1.29 is 9.13 Å². The van der Waals surface area contributed by atoms with Crippen molar-refractivity contribution in [3.8, 4) is 28.7 Å². The Hall–Kier alpha value is -1.93. The van der Waals surface area contributed by atoms with Crippen molar-refractivity contribution in [3.63, 3.8) is 0 Å². The van der Waals surface area contributed by atoms with Gasteiger partial charge in [0, 0.05) is 47.6 Å². The molecule has 0 bridgehead atoms. The largest absolute Gasteiger partial charge is 0.473 e. The smallest absolute Gasteiger partial charge is 0.240 e. The summed E-state index contributed by atoms with van der Waals surface area (Å²) in [6, 6.07) is 8.25. The number of pyridine rings is 1. The van der Waals surface area contributed by atoms with Gasteiger partial charge < -0.3 is 9.72 Å². The maximum Gasteiger partial charge on any atom is 0.240 e. The Morgan fingerprint density at radius 1 is 1.16 bits per heavy atom. The standard InChI is InChI=1S/C23H25ClFN5O.Na/c1-12(2)31-22-18-16(11-15(27-22)13-9-7-8-10-14(13)25)26-21(28-18)19-17(24)20(23(3,4)5)29-30(19)6;/h7-12H,1-6H3,(H,26,28);.